The highest BCUT2D eigenvalue weighted by atomic mass is 16.6. The second-order valence-electron chi connectivity index (χ2n) is 9.82. The van der Waals surface area contributed by atoms with Gasteiger partial charge >= 0.3 is 6.09 Å². The summed E-state index contributed by atoms with van der Waals surface area (Å²) in [5.41, 5.74) is 3.07. The molecule has 4 rings (SSSR count). The maximum atomic E-state index is 13.0. The van der Waals surface area contributed by atoms with Gasteiger partial charge in [0.25, 0.3) is 5.69 Å². The van der Waals surface area contributed by atoms with Crippen LogP contribution >= 0.6 is 0 Å². The van der Waals surface area contributed by atoms with Crippen LogP contribution in [0.4, 0.5) is 21.9 Å². The Balaban J connectivity index is 1.66. The molecule has 0 aromatic heterocycles. The van der Waals surface area contributed by atoms with Crippen LogP contribution in [0.25, 0.3) is 0 Å². The molecule has 1 aliphatic heterocycles. The summed E-state index contributed by atoms with van der Waals surface area (Å²) >= 11 is 0. The van der Waals surface area contributed by atoms with Gasteiger partial charge < -0.3 is 15.0 Å². The van der Waals surface area contributed by atoms with Gasteiger partial charge in [-0.1, -0.05) is 42.5 Å². The standard InChI is InChI=1S/C28H28N4O5/c1-28(2,3)37-27(34)31(4)17-18-10-12-20(13-11-18)29-25(19-8-6-5-7-9-19)24-22-16-21(32(35)36)14-15-23(22)30-26(24)33/h5-16,24H,17H2,1-4H3,(H,30,33). The van der Waals surface area contributed by atoms with E-state index in [1.807, 2.05) is 75.4 Å². The number of rotatable bonds is 6. The molecule has 0 bridgehead atoms. The fourth-order valence-electron chi connectivity index (χ4n) is 4.03. The van der Waals surface area contributed by atoms with Gasteiger partial charge in [0.15, 0.2) is 0 Å². The van der Waals surface area contributed by atoms with E-state index in [1.165, 1.54) is 17.0 Å². The maximum Gasteiger partial charge on any atom is 0.410 e. The number of carbonyl (C=O) groups is 2. The van der Waals surface area contributed by atoms with E-state index >= 15 is 0 Å². The zero-order valence-electron chi connectivity index (χ0n) is 21.1. The fourth-order valence-corrected chi connectivity index (χ4v) is 4.03. The zero-order chi connectivity index (χ0) is 26.7. The molecule has 3 aromatic rings. The highest BCUT2D eigenvalue weighted by molar-refractivity contribution is 6.24. The number of aliphatic imine (C=N–C) groups is 1. The number of amides is 2. The first-order chi connectivity index (χ1) is 17.5. The Bertz CT molecular complexity index is 1360. The molecule has 3 aromatic carbocycles. The summed E-state index contributed by atoms with van der Waals surface area (Å²) < 4.78 is 5.40. The molecule has 1 unspecified atom stereocenters. The van der Waals surface area contributed by atoms with E-state index in [1.54, 1.807) is 13.1 Å². The van der Waals surface area contributed by atoms with Crippen LogP contribution < -0.4 is 5.32 Å². The van der Waals surface area contributed by atoms with Crippen LogP contribution in [0.2, 0.25) is 0 Å². The molecule has 0 saturated carbocycles. The second-order valence-corrected chi connectivity index (χ2v) is 9.82. The first-order valence-corrected chi connectivity index (χ1v) is 11.8. The van der Waals surface area contributed by atoms with Crippen molar-refractivity contribution in [2.45, 2.75) is 38.8 Å². The number of hydrogen-bond donors (Lipinski definition) is 1. The predicted molar refractivity (Wildman–Crippen MR) is 141 cm³/mol. The molecule has 9 heteroatoms. The van der Waals surface area contributed by atoms with Gasteiger partial charge in [-0.3, -0.25) is 19.9 Å². The Labute approximate surface area is 214 Å². The number of benzene rings is 3. The van der Waals surface area contributed by atoms with Crippen LogP contribution in [0.5, 0.6) is 0 Å². The largest absolute Gasteiger partial charge is 0.444 e. The number of non-ortho nitro benzene ring substituents is 1. The lowest BCUT2D eigenvalue weighted by Crippen LogP contribution is -2.33. The van der Waals surface area contributed by atoms with E-state index in [9.17, 15) is 19.7 Å². The van der Waals surface area contributed by atoms with E-state index < -0.39 is 22.5 Å². The van der Waals surface area contributed by atoms with Crippen molar-refractivity contribution in [2.75, 3.05) is 12.4 Å². The van der Waals surface area contributed by atoms with Gasteiger partial charge in [0.1, 0.15) is 11.5 Å². The molecule has 0 aliphatic carbocycles. The molecule has 1 heterocycles. The molecule has 190 valence electrons. The average molecular weight is 501 g/mol. The number of anilines is 1. The normalized spacial score (nSPS) is 15.1. The number of nitrogens with zero attached hydrogens (tertiary/aromatic N) is 3. The average Bonchev–Trinajstić information content (AvgIpc) is 3.17. The third-order valence-corrected chi connectivity index (χ3v) is 5.73. The lowest BCUT2D eigenvalue weighted by molar-refractivity contribution is -0.384. The fraction of sp³-hybridized carbons (Fsp3) is 0.250. The van der Waals surface area contributed by atoms with Crippen molar-refractivity contribution in [2.24, 2.45) is 4.99 Å². The molecule has 2 amide bonds. The van der Waals surface area contributed by atoms with E-state index in [-0.39, 0.29) is 11.6 Å². The molecular formula is C28H28N4O5. The topological polar surface area (TPSA) is 114 Å². The van der Waals surface area contributed by atoms with E-state index in [0.717, 1.165) is 11.1 Å². The van der Waals surface area contributed by atoms with Crippen molar-refractivity contribution in [1.82, 2.24) is 4.90 Å². The molecule has 9 nitrogen and oxygen atoms in total. The zero-order valence-corrected chi connectivity index (χ0v) is 21.1. The number of ether oxygens (including phenoxy) is 1. The minimum Gasteiger partial charge on any atom is -0.444 e. The van der Waals surface area contributed by atoms with Crippen LogP contribution in [0, 0.1) is 10.1 Å². The Kier molecular flexibility index (Phi) is 7.06. The van der Waals surface area contributed by atoms with Crippen LogP contribution in [-0.2, 0) is 16.1 Å². The van der Waals surface area contributed by atoms with Crippen LogP contribution in [0.1, 0.15) is 43.4 Å². The van der Waals surface area contributed by atoms with Crippen LogP contribution in [-0.4, -0.2) is 40.2 Å². The summed E-state index contributed by atoms with van der Waals surface area (Å²) in [5.74, 6) is -1.11. The maximum absolute atomic E-state index is 13.0. The van der Waals surface area contributed by atoms with Crippen molar-refractivity contribution in [1.29, 1.82) is 0 Å². The Morgan fingerprint density at radius 1 is 1.08 bits per heavy atom. The minimum atomic E-state index is -0.810. The van der Waals surface area contributed by atoms with Gasteiger partial charge in [-0.05, 0) is 50.1 Å². The van der Waals surface area contributed by atoms with E-state index in [0.29, 0.717) is 29.2 Å². The van der Waals surface area contributed by atoms with Crippen molar-refractivity contribution < 1.29 is 19.2 Å². The summed E-state index contributed by atoms with van der Waals surface area (Å²) in [6, 6.07) is 20.9. The van der Waals surface area contributed by atoms with Gasteiger partial charge in [-0.2, -0.15) is 0 Å². The lowest BCUT2D eigenvalue weighted by Gasteiger charge is -2.24. The monoisotopic (exact) mass is 500 g/mol. The highest BCUT2D eigenvalue weighted by Crippen LogP contribution is 2.38. The van der Waals surface area contributed by atoms with Gasteiger partial charge in [-0.15, -0.1) is 0 Å². The number of fused-ring (bicyclic) bond motifs is 1. The smallest absolute Gasteiger partial charge is 0.410 e. The summed E-state index contributed by atoms with van der Waals surface area (Å²) in [6.07, 6.45) is -0.416. The van der Waals surface area contributed by atoms with Crippen molar-refractivity contribution in [3.63, 3.8) is 0 Å². The lowest BCUT2D eigenvalue weighted by atomic mass is 9.90. The quantitative estimate of drug-likeness (QED) is 0.260. The summed E-state index contributed by atoms with van der Waals surface area (Å²) in [7, 11) is 1.67. The van der Waals surface area contributed by atoms with Gasteiger partial charge in [0, 0.05) is 37.0 Å². The van der Waals surface area contributed by atoms with Crippen molar-refractivity contribution in [3.05, 3.63) is 99.6 Å². The number of nitro groups is 1. The number of nitro benzene ring substituents is 1. The Hall–Kier alpha value is -4.53. The van der Waals surface area contributed by atoms with E-state index in [2.05, 4.69) is 5.32 Å². The van der Waals surface area contributed by atoms with Crippen LogP contribution in [0.15, 0.2) is 77.8 Å². The summed E-state index contributed by atoms with van der Waals surface area (Å²) in [6.45, 7) is 5.80. The Morgan fingerprint density at radius 2 is 1.76 bits per heavy atom. The summed E-state index contributed by atoms with van der Waals surface area (Å²) in [4.78, 5) is 42.5. The third kappa shape index (κ3) is 6.00. The number of hydrogen-bond acceptors (Lipinski definition) is 6. The third-order valence-electron chi connectivity index (χ3n) is 5.73. The van der Waals surface area contributed by atoms with Crippen molar-refractivity contribution in [3.8, 4) is 0 Å². The van der Waals surface area contributed by atoms with E-state index in [4.69, 9.17) is 9.73 Å². The number of nitrogens with one attached hydrogen (secondary N) is 1. The molecule has 1 N–H and O–H groups in total. The van der Waals surface area contributed by atoms with Gasteiger partial charge in [-0.25, -0.2) is 4.79 Å². The molecule has 0 spiro atoms. The number of carbonyl (C=O) groups excluding carboxylic acids is 2. The first-order valence-electron chi connectivity index (χ1n) is 11.8. The molecule has 0 fully saturated rings. The van der Waals surface area contributed by atoms with Crippen LogP contribution in [0.3, 0.4) is 0 Å². The molecule has 37 heavy (non-hydrogen) atoms. The van der Waals surface area contributed by atoms with Crippen molar-refractivity contribution >= 4 is 34.8 Å². The van der Waals surface area contributed by atoms with Gasteiger partial charge in [0.05, 0.1) is 16.3 Å². The Morgan fingerprint density at radius 3 is 2.38 bits per heavy atom. The predicted octanol–water partition coefficient (Wildman–Crippen LogP) is 5.82. The molecule has 1 aliphatic rings. The molecule has 0 radical (unpaired) electrons. The SMILES string of the molecule is CN(Cc1ccc(N=C(c2ccccc2)C2C(=O)Nc3ccc([N+](=O)[O-])cc32)cc1)C(=O)OC(C)(C)C. The summed E-state index contributed by atoms with van der Waals surface area (Å²) in [5, 5.41) is 14.2. The molecule has 1 atom stereocenters. The van der Waals surface area contributed by atoms with Gasteiger partial charge in [0.2, 0.25) is 5.91 Å². The molecule has 0 saturated heterocycles. The first kappa shape index (κ1) is 25.6. The highest BCUT2D eigenvalue weighted by Gasteiger charge is 2.36. The second kappa shape index (κ2) is 10.2. The molecular weight excluding hydrogens is 472 g/mol. The minimum absolute atomic E-state index is 0.0916.